The Morgan fingerprint density at radius 1 is 0.971 bits per heavy atom. The summed E-state index contributed by atoms with van der Waals surface area (Å²) in [5, 5.41) is 2.32. The maximum atomic E-state index is 12.5. The van der Waals surface area contributed by atoms with Crippen LogP contribution in [0.5, 0.6) is 11.5 Å². The van der Waals surface area contributed by atoms with Crippen LogP contribution >= 0.6 is 15.9 Å². The van der Waals surface area contributed by atoms with Crippen LogP contribution in [-0.4, -0.2) is 13.1 Å². The number of esters is 1. The van der Waals surface area contributed by atoms with Crippen LogP contribution in [0.4, 0.5) is 0 Å². The van der Waals surface area contributed by atoms with Gasteiger partial charge in [-0.25, -0.2) is 4.79 Å². The van der Waals surface area contributed by atoms with Gasteiger partial charge in [0.1, 0.15) is 12.4 Å². The van der Waals surface area contributed by atoms with Crippen LogP contribution in [0.25, 0.3) is 22.6 Å². The highest BCUT2D eigenvalue weighted by Crippen LogP contribution is 2.39. The van der Waals surface area contributed by atoms with Gasteiger partial charge in [-0.3, -0.25) is 0 Å². The molecule has 4 aromatic carbocycles. The minimum Gasteiger partial charge on any atom is -0.493 e. The number of benzene rings is 4. The number of rotatable bonds is 6. The molecule has 1 aliphatic heterocycles. The molecular weight excluding hydrogens is 504 g/mol. The van der Waals surface area contributed by atoms with Crippen LogP contribution in [-0.2, 0) is 16.1 Å². The maximum Gasteiger partial charge on any atom is 0.343 e. The predicted molar refractivity (Wildman–Crippen MR) is 142 cm³/mol. The lowest BCUT2D eigenvalue weighted by atomic mass is 10.1. The number of hydrogen-bond donors (Lipinski definition) is 0. The van der Waals surface area contributed by atoms with Gasteiger partial charge >= 0.3 is 5.97 Å². The molecule has 0 aromatic heterocycles. The van der Waals surface area contributed by atoms with Crippen LogP contribution in [0.1, 0.15) is 22.3 Å². The van der Waals surface area contributed by atoms with E-state index in [2.05, 4.69) is 40.2 Å². The van der Waals surface area contributed by atoms with E-state index in [1.807, 2.05) is 61.5 Å². The quantitative estimate of drug-likeness (QED) is 0.193. The van der Waals surface area contributed by atoms with Gasteiger partial charge in [-0.2, -0.15) is 0 Å². The molecule has 0 unspecified atom stereocenters. The lowest BCUT2D eigenvalue weighted by Gasteiger charge is -2.15. The summed E-state index contributed by atoms with van der Waals surface area (Å²) in [4.78, 5) is 12.5. The lowest BCUT2D eigenvalue weighted by Crippen LogP contribution is -2.00. The molecule has 0 N–H and O–H groups in total. The number of aryl methyl sites for hydroxylation is 1. The van der Waals surface area contributed by atoms with Gasteiger partial charge in [0.25, 0.3) is 0 Å². The first-order valence-electron chi connectivity index (χ1n) is 11.2. The van der Waals surface area contributed by atoms with Crippen molar-refractivity contribution in [3.8, 4) is 11.5 Å². The van der Waals surface area contributed by atoms with E-state index in [4.69, 9.17) is 14.2 Å². The fourth-order valence-corrected chi connectivity index (χ4v) is 4.63. The van der Waals surface area contributed by atoms with Gasteiger partial charge in [0.2, 0.25) is 0 Å². The second-order valence-corrected chi connectivity index (χ2v) is 9.18. The Kier molecular flexibility index (Phi) is 6.43. The summed E-state index contributed by atoms with van der Waals surface area (Å²) in [6.45, 7) is 2.41. The second kappa shape index (κ2) is 9.80. The molecule has 35 heavy (non-hydrogen) atoms. The molecule has 0 atom stereocenters. The van der Waals surface area contributed by atoms with Crippen molar-refractivity contribution in [2.75, 3.05) is 7.11 Å². The summed E-state index contributed by atoms with van der Waals surface area (Å²) in [7, 11) is 1.60. The fourth-order valence-electron chi connectivity index (χ4n) is 4.06. The van der Waals surface area contributed by atoms with Crippen LogP contribution in [0.3, 0.4) is 0 Å². The molecule has 1 aliphatic rings. The molecule has 0 radical (unpaired) electrons. The third-order valence-corrected chi connectivity index (χ3v) is 6.48. The first-order valence-corrected chi connectivity index (χ1v) is 12.0. The van der Waals surface area contributed by atoms with Gasteiger partial charge in [0.05, 0.1) is 17.2 Å². The molecule has 4 nitrogen and oxygen atoms in total. The zero-order valence-electron chi connectivity index (χ0n) is 19.4. The number of carbonyl (C=O) groups is 1. The number of cyclic esters (lactones) is 1. The molecule has 1 heterocycles. The van der Waals surface area contributed by atoms with E-state index < -0.39 is 0 Å². The van der Waals surface area contributed by atoms with Crippen LogP contribution in [0, 0.1) is 6.92 Å². The zero-order valence-corrected chi connectivity index (χ0v) is 21.0. The van der Waals surface area contributed by atoms with Crippen molar-refractivity contribution in [1.82, 2.24) is 0 Å². The molecule has 0 fully saturated rings. The van der Waals surface area contributed by atoms with Crippen molar-refractivity contribution < 1.29 is 19.0 Å². The smallest absolute Gasteiger partial charge is 0.343 e. The van der Waals surface area contributed by atoms with Crippen molar-refractivity contribution in [2.24, 2.45) is 0 Å². The van der Waals surface area contributed by atoms with Crippen molar-refractivity contribution in [3.63, 3.8) is 0 Å². The Morgan fingerprint density at radius 2 is 1.74 bits per heavy atom. The Morgan fingerprint density at radius 3 is 2.54 bits per heavy atom. The van der Waals surface area contributed by atoms with Gasteiger partial charge < -0.3 is 14.2 Å². The van der Waals surface area contributed by atoms with E-state index >= 15 is 0 Å². The molecule has 174 valence electrons. The average Bonchev–Trinajstić information content (AvgIpc) is 3.23. The molecule has 0 amide bonds. The van der Waals surface area contributed by atoms with E-state index in [1.165, 1.54) is 5.39 Å². The van der Waals surface area contributed by atoms with E-state index in [1.54, 1.807) is 19.3 Å². The van der Waals surface area contributed by atoms with Crippen LogP contribution < -0.4 is 9.47 Å². The Labute approximate surface area is 212 Å². The molecule has 4 aromatic rings. The Balaban J connectivity index is 1.41. The molecule has 0 spiro atoms. The van der Waals surface area contributed by atoms with Crippen molar-refractivity contribution in [1.29, 1.82) is 0 Å². The van der Waals surface area contributed by atoms with E-state index in [0.717, 1.165) is 32.1 Å². The first kappa shape index (κ1) is 22.9. The summed E-state index contributed by atoms with van der Waals surface area (Å²) in [5.41, 5.74) is 4.36. The minimum atomic E-state index is -0.382. The zero-order chi connectivity index (χ0) is 24.4. The number of methoxy groups -OCH3 is 1. The number of halogens is 1. The largest absolute Gasteiger partial charge is 0.493 e. The average molecular weight is 527 g/mol. The van der Waals surface area contributed by atoms with Gasteiger partial charge in [-0.1, -0.05) is 72.3 Å². The standard InChI is InChI=1S/C30H23BrO4/c1-19-10-12-22(13-11-19)27-17-24(30(32)35-27)14-20-15-26(31)29(28(16-20)33-2)34-18-23-8-5-7-21-6-3-4-9-25(21)23/h3-17H,18H2,1-2H3/b24-14+. The number of ether oxygens (including phenoxy) is 3. The van der Waals surface area contributed by atoms with E-state index in [0.29, 0.717) is 29.4 Å². The summed E-state index contributed by atoms with van der Waals surface area (Å²) in [6, 6.07) is 26.0. The molecule has 5 rings (SSSR count). The van der Waals surface area contributed by atoms with Crippen molar-refractivity contribution in [2.45, 2.75) is 13.5 Å². The fraction of sp³-hybridized carbons (Fsp3) is 0.100. The highest BCUT2D eigenvalue weighted by Gasteiger charge is 2.22. The summed E-state index contributed by atoms with van der Waals surface area (Å²) >= 11 is 3.62. The molecule has 0 bridgehead atoms. The monoisotopic (exact) mass is 526 g/mol. The van der Waals surface area contributed by atoms with Gasteiger partial charge in [-0.05, 0) is 69.0 Å². The predicted octanol–water partition coefficient (Wildman–Crippen LogP) is 7.48. The highest BCUT2D eigenvalue weighted by atomic mass is 79.9. The number of hydrogen-bond acceptors (Lipinski definition) is 4. The topological polar surface area (TPSA) is 44.8 Å². The first-order chi connectivity index (χ1) is 17.0. The van der Waals surface area contributed by atoms with Crippen LogP contribution in [0.15, 0.2) is 95.0 Å². The van der Waals surface area contributed by atoms with Gasteiger partial charge in [0, 0.05) is 5.56 Å². The van der Waals surface area contributed by atoms with E-state index in [9.17, 15) is 4.79 Å². The SMILES string of the molecule is COc1cc(/C=C2\C=C(c3ccc(C)cc3)OC2=O)cc(Br)c1OCc1cccc2ccccc12. The Hall–Kier alpha value is -3.83. The highest BCUT2D eigenvalue weighted by molar-refractivity contribution is 9.10. The van der Waals surface area contributed by atoms with E-state index in [-0.39, 0.29) is 5.97 Å². The number of carbonyl (C=O) groups excluding carboxylic acids is 1. The summed E-state index contributed by atoms with van der Waals surface area (Å²) < 4.78 is 18.0. The van der Waals surface area contributed by atoms with Crippen LogP contribution in [0.2, 0.25) is 0 Å². The third kappa shape index (κ3) is 4.86. The normalized spacial score (nSPS) is 14.2. The summed E-state index contributed by atoms with van der Waals surface area (Å²) in [5.74, 6) is 1.34. The molecular formula is C30H23BrO4. The molecule has 0 saturated carbocycles. The van der Waals surface area contributed by atoms with Gasteiger partial charge in [0.15, 0.2) is 11.5 Å². The minimum absolute atomic E-state index is 0.382. The third-order valence-electron chi connectivity index (χ3n) is 5.89. The van der Waals surface area contributed by atoms with Crippen molar-refractivity contribution in [3.05, 3.63) is 117 Å². The van der Waals surface area contributed by atoms with Crippen molar-refractivity contribution >= 4 is 44.5 Å². The lowest BCUT2D eigenvalue weighted by molar-refractivity contribution is -0.130. The molecule has 5 heteroatoms. The number of fused-ring (bicyclic) bond motifs is 1. The summed E-state index contributed by atoms with van der Waals surface area (Å²) in [6.07, 6.45) is 3.55. The van der Waals surface area contributed by atoms with Gasteiger partial charge in [-0.15, -0.1) is 0 Å². The second-order valence-electron chi connectivity index (χ2n) is 8.32. The Bertz CT molecular complexity index is 1480. The molecule has 0 saturated heterocycles. The molecule has 0 aliphatic carbocycles. The maximum absolute atomic E-state index is 12.5.